The number of halogens is 2. The fourth-order valence-corrected chi connectivity index (χ4v) is 1.90. The molecule has 0 aromatic heterocycles. The van der Waals surface area contributed by atoms with Crippen LogP contribution < -0.4 is 11.1 Å². The highest BCUT2D eigenvalue weighted by Gasteiger charge is 2.13. The summed E-state index contributed by atoms with van der Waals surface area (Å²) in [6.45, 7) is 4.29. The molecule has 0 saturated carbocycles. The zero-order valence-corrected chi connectivity index (χ0v) is 12.1. The Bertz CT molecular complexity index is 426. The Labute approximate surface area is 117 Å². The molecular formula is C12H17Cl2N3O. The Balaban J connectivity index is 2.77. The van der Waals surface area contributed by atoms with Crippen molar-refractivity contribution in [1.29, 1.82) is 0 Å². The van der Waals surface area contributed by atoms with Crippen LogP contribution in [0.15, 0.2) is 12.1 Å². The molecule has 0 unspecified atom stereocenters. The second kappa shape index (κ2) is 6.27. The first-order valence-electron chi connectivity index (χ1n) is 5.56. The highest BCUT2D eigenvalue weighted by Crippen LogP contribution is 2.32. The predicted octanol–water partition coefficient (Wildman–Crippen LogP) is 2.85. The van der Waals surface area contributed by atoms with E-state index in [0.29, 0.717) is 21.4 Å². The highest BCUT2D eigenvalue weighted by atomic mass is 35.5. The van der Waals surface area contributed by atoms with Gasteiger partial charge in [0.1, 0.15) is 0 Å². The summed E-state index contributed by atoms with van der Waals surface area (Å²) in [4.78, 5) is 13.7. The first kappa shape index (κ1) is 15.1. The summed E-state index contributed by atoms with van der Waals surface area (Å²) in [5, 5.41) is 3.36. The minimum atomic E-state index is -0.167. The number of benzene rings is 1. The lowest BCUT2D eigenvalue weighted by Gasteiger charge is -2.20. The van der Waals surface area contributed by atoms with Gasteiger partial charge in [-0.05, 0) is 33.0 Å². The molecule has 1 aromatic carbocycles. The van der Waals surface area contributed by atoms with Crippen LogP contribution in [0.2, 0.25) is 10.0 Å². The normalized spacial score (nSPS) is 11.1. The van der Waals surface area contributed by atoms with Crippen LogP contribution >= 0.6 is 23.2 Å². The topological polar surface area (TPSA) is 58.4 Å². The maximum absolute atomic E-state index is 11.8. The van der Waals surface area contributed by atoms with Crippen LogP contribution in [0.25, 0.3) is 0 Å². The molecule has 0 spiro atoms. The number of carbonyl (C=O) groups excluding carboxylic acids is 1. The summed E-state index contributed by atoms with van der Waals surface area (Å²) in [5.41, 5.74) is 6.45. The molecule has 3 N–H and O–H groups in total. The maximum Gasteiger partial charge on any atom is 0.238 e. The second-order valence-corrected chi connectivity index (χ2v) is 5.23. The zero-order valence-electron chi connectivity index (χ0n) is 10.6. The van der Waals surface area contributed by atoms with Gasteiger partial charge in [-0.1, -0.05) is 23.2 Å². The number of nitrogens with one attached hydrogen (secondary N) is 1. The summed E-state index contributed by atoms with van der Waals surface area (Å²) in [7, 11) is 1.87. The van der Waals surface area contributed by atoms with Gasteiger partial charge in [0, 0.05) is 11.7 Å². The van der Waals surface area contributed by atoms with E-state index in [0.717, 1.165) is 0 Å². The van der Waals surface area contributed by atoms with Crippen molar-refractivity contribution in [3.8, 4) is 0 Å². The van der Waals surface area contributed by atoms with E-state index >= 15 is 0 Å². The molecule has 1 aromatic rings. The highest BCUT2D eigenvalue weighted by molar-refractivity contribution is 6.40. The second-order valence-electron chi connectivity index (χ2n) is 4.42. The number of carbonyl (C=O) groups is 1. The van der Waals surface area contributed by atoms with Gasteiger partial charge in [0.05, 0.1) is 22.3 Å². The van der Waals surface area contributed by atoms with E-state index in [2.05, 4.69) is 5.32 Å². The lowest BCUT2D eigenvalue weighted by Crippen LogP contribution is -2.34. The zero-order chi connectivity index (χ0) is 13.9. The van der Waals surface area contributed by atoms with Crippen LogP contribution in [-0.4, -0.2) is 30.4 Å². The molecule has 1 amide bonds. The van der Waals surface area contributed by atoms with Gasteiger partial charge in [-0.25, -0.2) is 0 Å². The summed E-state index contributed by atoms with van der Waals surface area (Å²) in [6, 6.07) is 3.39. The van der Waals surface area contributed by atoms with Gasteiger partial charge >= 0.3 is 0 Å². The third-order valence-electron chi connectivity index (χ3n) is 2.60. The smallest absolute Gasteiger partial charge is 0.238 e. The van der Waals surface area contributed by atoms with E-state index in [9.17, 15) is 4.79 Å². The van der Waals surface area contributed by atoms with Crippen LogP contribution in [0.1, 0.15) is 13.8 Å². The van der Waals surface area contributed by atoms with E-state index in [1.54, 1.807) is 12.1 Å². The number of hydrogen-bond donors (Lipinski definition) is 2. The van der Waals surface area contributed by atoms with Gasteiger partial charge in [-0.3, -0.25) is 9.69 Å². The van der Waals surface area contributed by atoms with E-state index in [1.165, 1.54) is 0 Å². The first-order chi connectivity index (χ1) is 8.31. The molecule has 0 aliphatic rings. The molecule has 18 heavy (non-hydrogen) atoms. The Morgan fingerprint density at radius 2 is 1.89 bits per heavy atom. The Kier molecular flexibility index (Phi) is 5.26. The average Bonchev–Trinajstić information content (AvgIpc) is 2.23. The van der Waals surface area contributed by atoms with Gasteiger partial charge in [-0.2, -0.15) is 0 Å². The quantitative estimate of drug-likeness (QED) is 0.838. The molecule has 0 aliphatic carbocycles. The van der Waals surface area contributed by atoms with E-state index in [4.69, 9.17) is 28.9 Å². The van der Waals surface area contributed by atoms with E-state index in [1.807, 2.05) is 25.8 Å². The number of nitrogen functional groups attached to an aromatic ring is 1. The van der Waals surface area contributed by atoms with Crippen LogP contribution in [0.5, 0.6) is 0 Å². The van der Waals surface area contributed by atoms with E-state index < -0.39 is 0 Å². The Morgan fingerprint density at radius 1 is 1.39 bits per heavy atom. The van der Waals surface area contributed by atoms with Gasteiger partial charge in [0.25, 0.3) is 0 Å². The van der Waals surface area contributed by atoms with Gasteiger partial charge in [0.15, 0.2) is 0 Å². The molecule has 0 atom stereocenters. The van der Waals surface area contributed by atoms with Crippen molar-refractivity contribution >= 4 is 40.5 Å². The lowest BCUT2D eigenvalue weighted by molar-refractivity contribution is -0.117. The Hall–Kier alpha value is -0.970. The molecular weight excluding hydrogens is 273 g/mol. The average molecular weight is 290 g/mol. The van der Waals surface area contributed by atoms with Crippen molar-refractivity contribution in [1.82, 2.24) is 4.90 Å². The van der Waals surface area contributed by atoms with Crippen molar-refractivity contribution in [3.63, 3.8) is 0 Å². The van der Waals surface area contributed by atoms with Crippen molar-refractivity contribution in [2.45, 2.75) is 19.9 Å². The Morgan fingerprint density at radius 3 is 2.33 bits per heavy atom. The summed E-state index contributed by atoms with van der Waals surface area (Å²) in [6.07, 6.45) is 0. The molecule has 6 heteroatoms. The number of rotatable bonds is 4. The molecule has 0 bridgehead atoms. The fraction of sp³-hybridized carbons (Fsp3) is 0.417. The summed E-state index contributed by atoms with van der Waals surface area (Å²) >= 11 is 12.0. The fourth-order valence-electron chi connectivity index (χ4n) is 1.30. The van der Waals surface area contributed by atoms with Crippen molar-refractivity contribution in [2.24, 2.45) is 0 Å². The van der Waals surface area contributed by atoms with Gasteiger partial charge in [-0.15, -0.1) is 0 Å². The molecule has 0 fully saturated rings. The predicted molar refractivity (Wildman–Crippen MR) is 77.3 cm³/mol. The monoisotopic (exact) mass is 289 g/mol. The van der Waals surface area contributed by atoms with Crippen molar-refractivity contribution in [3.05, 3.63) is 22.2 Å². The minimum absolute atomic E-state index is 0.167. The van der Waals surface area contributed by atoms with Crippen LogP contribution in [0, 0.1) is 0 Å². The molecule has 1 rings (SSSR count). The molecule has 0 saturated heterocycles. The molecule has 0 radical (unpaired) electrons. The minimum Gasteiger partial charge on any atom is -0.399 e. The van der Waals surface area contributed by atoms with Crippen molar-refractivity contribution in [2.75, 3.05) is 24.6 Å². The summed E-state index contributed by atoms with van der Waals surface area (Å²) in [5.74, 6) is -0.167. The molecule has 0 aliphatic heterocycles. The number of likely N-dealkylation sites (N-methyl/N-ethyl adjacent to an activating group) is 1. The number of nitrogens with zero attached hydrogens (tertiary/aromatic N) is 1. The molecule has 4 nitrogen and oxygen atoms in total. The number of hydrogen-bond acceptors (Lipinski definition) is 3. The first-order valence-corrected chi connectivity index (χ1v) is 6.31. The van der Waals surface area contributed by atoms with E-state index in [-0.39, 0.29) is 18.5 Å². The van der Waals surface area contributed by atoms with Crippen LogP contribution in [0.3, 0.4) is 0 Å². The number of nitrogens with two attached hydrogens (primary N) is 1. The summed E-state index contributed by atoms with van der Waals surface area (Å²) < 4.78 is 0. The van der Waals surface area contributed by atoms with Crippen molar-refractivity contribution < 1.29 is 4.79 Å². The van der Waals surface area contributed by atoms with Crippen LogP contribution in [0.4, 0.5) is 11.4 Å². The number of anilines is 2. The standard InChI is InChI=1S/C12H17Cl2N3O/c1-7(2)17(3)6-11(18)16-12-9(13)4-8(15)5-10(12)14/h4-5,7H,6,15H2,1-3H3,(H,16,18). The maximum atomic E-state index is 11.8. The third-order valence-corrected chi connectivity index (χ3v) is 3.20. The molecule has 100 valence electrons. The van der Waals surface area contributed by atoms with Crippen LogP contribution in [-0.2, 0) is 4.79 Å². The number of amides is 1. The lowest BCUT2D eigenvalue weighted by atomic mass is 10.2. The SMILES string of the molecule is CC(C)N(C)CC(=O)Nc1c(Cl)cc(N)cc1Cl. The molecule has 0 heterocycles. The largest absolute Gasteiger partial charge is 0.399 e. The third kappa shape index (κ3) is 4.05. The van der Waals surface area contributed by atoms with Gasteiger partial charge in [0.2, 0.25) is 5.91 Å². The van der Waals surface area contributed by atoms with Gasteiger partial charge < -0.3 is 11.1 Å².